The van der Waals surface area contributed by atoms with Gasteiger partial charge < -0.3 is 19.1 Å². The maximum absolute atomic E-state index is 13.5. The lowest BCUT2D eigenvalue weighted by Crippen LogP contribution is -2.35. The zero-order valence-electron chi connectivity index (χ0n) is 22.4. The van der Waals surface area contributed by atoms with E-state index in [1.54, 1.807) is 29.3 Å². The van der Waals surface area contributed by atoms with Crippen molar-refractivity contribution in [3.05, 3.63) is 42.0 Å². The number of carbonyl (C=O) groups is 1. The summed E-state index contributed by atoms with van der Waals surface area (Å²) in [6.45, 7) is 3.96. The van der Waals surface area contributed by atoms with Crippen LogP contribution < -0.4 is 10.1 Å². The molecule has 2 aliphatic heterocycles. The number of carbonyl (C=O) groups excluding carboxylic acids is 1. The van der Waals surface area contributed by atoms with Gasteiger partial charge in [-0.3, -0.25) is 15.1 Å². The molecule has 1 N–H and O–H groups in total. The summed E-state index contributed by atoms with van der Waals surface area (Å²) in [6, 6.07) is 9.81. The first kappa shape index (κ1) is 28.4. The molecule has 1 amide bonds. The number of nitrogens with zero attached hydrogens (tertiary/aromatic N) is 5. The first-order valence-corrected chi connectivity index (χ1v) is 15.4. The Bertz CT molecular complexity index is 1460. The zero-order chi connectivity index (χ0) is 28.1. The summed E-state index contributed by atoms with van der Waals surface area (Å²) in [4.78, 5) is 25.4. The van der Waals surface area contributed by atoms with Gasteiger partial charge in [-0.2, -0.15) is 5.10 Å². The van der Waals surface area contributed by atoms with Crippen LogP contribution in [0.4, 0.5) is 5.13 Å². The Hall–Kier alpha value is -3.17. The number of benzene rings is 1. The largest absolute Gasteiger partial charge is 0.476 e. The molecule has 214 valence electrons. The third-order valence-corrected chi connectivity index (χ3v) is 9.53. The van der Waals surface area contributed by atoms with Crippen molar-refractivity contribution in [3.8, 4) is 5.88 Å². The van der Waals surface area contributed by atoms with E-state index in [0.29, 0.717) is 72.9 Å². The number of sulfone groups is 1. The highest BCUT2D eigenvalue weighted by atomic mass is 32.2. The number of hydrazone groups is 1. The minimum atomic E-state index is -3.53. The van der Waals surface area contributed by atoms with Gasteiger partial charge in [-0.25, -0.2) is 18.4 Å². The maximum Gasteiger partial charge on any atom is 0.278 e. The molecule has 1 atom stereocenters. The highest BCUT2D eigenvalue weighted by molar-refractivity contribution is 7.92. The number of fused-ring (bicyclic) bond motifs is 1. The van der Waals surface area contributed by atoms with Crippen LogP contribution in [0.15, 0.2) is 46.4 Å². The van der Waals surface area contributed by atoms with Crippen LogP contribution in [0, 0.1) is 0 Å². The number of hydrogen-bond acceptors (Lipinski definition) is 12. The van der Waals surface area contributed by atoms with Crippen molar-refractivity contribution in [2.75, 3.05) is 72.1 Å². The zero-order valence-corrected chi connectivity index (χ0v) is 24.0. The highest BCUT2D eigenvalue weighted by Crippen LogP contribution is 2.27. The second-order valence-electron chi connectivity index (χ2n) is 9.67. The third-order valence-electron chi connectivity index (χ3n) is 6.47. The quantitative estimate of drug-likeness (QED) is 0.350. The summed E-state index contributed by atoms with van der Waals surface area (Å²) < 4.78 is 42.3. The summed E-state index contributed by atoms with van der Waals surface area (Å²) in [5.74, 6) is 0.0254. The van der Waals surface area contributed by atoms with Crippen LogP contribution in [0.1, 0.15) is 12.0 Å². The second kappa shape index (κ2) is 12.6. The standard InChI is InChI=1S/C26H32N6O6S2/c1-31(2)10-16-38-22-8-7-21-25(28-22)39-26(27-21)29-24(33)23(30-32-11-14-36-15-12-32)18-3-5-19(6-4-18)40(34,35)20-9-13-37-17-20/h3-8,20H,9-17H2,1-2H3,(H,27,29,33)/b30-23+/t20-/m0/s1. The Kier molecular flexibility index (Phi) is 8.90. The van der Waals surface area contributed by atoms with Crippen molar-refractivity contribution >= 4 is 48.3 Å². The lowest BCUT2D eigenvalue weighted by molar-refractivity contribution is -0.110. The van der Waals surface area contributed by atoms with E-state index in [9.17, 15) is 13.2 Å². The third kappa shape index (κ3) is 6.75. The fourth-order valence-corrected chi connectivity index (χ4v) is 6.61. The first-order chi connectivity index (χ1) is 19.3. The van der Waals surface area contributed by atoms with Crippen LogP contribution in [0.5, 0.6) is 5.88 Å². The van der Waals surface area contributed by atoms with Gasteiger partial charge in [0.05, 0.1) is 43.1 Å². The van der Waals surface area contributed by atoms with Crippen LogP contribution in [0.3, 0.4) is 0 Å². The molecule has 14 heteroatoms. The maximum atomic E-state index is 13.5. The normalized spacial score (nSPS) is 18.4. The Balaban J connectivity index is 1.36. The molecular weight excluding hydrogens is 556 g/mol. The Labute approximate surface area is 236 Å². The Morgan fingerprint density at radius 1 is 1.12 bits per heavy atom. The lowest BCUT2D eigenvalue weighted by Gasteiger charge is -2.25. The predicted molar refractivity (Wildman–Crippen MR) is 152 cm³/mol. The number of amides is 1. The van der Waals surface area contributed by atoms with Crippen LogP contribution in [0.2, 0.25) is 0 Å². The molecule has 3 aromatic rings. The van der Waals surface area contributed by atoms with E-state index in [1.165, 1.54) is 23.5 Å². The number of pyridine rings is 1. The summed E-state index contributed by atoms with van der Waals surface area (Å²) in [7, 11) is 0.412. The minimum Gasteiger partial charge on any atom is -0.476 e. The van der Waals surface area contributed by atoms with Crippen molar-refractivity contribution in [2.24, 2.45) is 5.10 Å². The SMILES string of the molecule is CN(C)CCOc1ccc2nc(NC(=O)/C(=N/N3CCOCC3)c3ccc(S(=O)(=O)[C@H]4CCOC4)cc3)sc2n1. The van der Waals surface area contributed by atoms with Crippen LogP contribution in [0.25, 0.3) is 10.3 Å². The fourth-order valence-electron chi connectivity index (χ4n) is 4.21. The molecule has 1 aromatic carbocycles. The van der Waals surface area contributed by atoms with Crippen molar-refractivity contribution in [3.63, 3.8) is 0 Å². The van der Waals surface area contributed by atoms with Crippen molar-refractivity contribution in [1.29, 1.82) is 0 Å². The average molecular weight is 589 g/mol. The summed E-state index contributed by atoms with van der Waals surface area (Å²) >= 11 is 1.23. The van der Waals surface area contributed by atoms with Gasteiger partial charge >= 0.3 is 0 Å². The van der Waals surface area contributed by atoms with Crippen LogP contribution in [-0.2, 0) is 24.1 Å². The molecule has 2 aliphatic rings. The molecule has 0 saturated carbocycles. The molecule has 2 aromatic heterocycles. The molecule has 0 spiro atoms. The molecule has 2 saturated heterocycles. The average Bonchev–Trinajstić information content (AvgIpc) is 3.63. The Morgan fingerprint density at radius 2 is 1.90 bits per heavy atom. The van der Waals surface area contributed by atoms with Crippen molar-refractivity contribution < 1.29 is 27.4 Å². The van der Waals surface area contributed by atoms with Gasteiger partial charge in [0, 0.05) is 24.8 Å². The van der Waals surface area contributed by atoms with Gasteiger partial charge in [0.25, 0.3) is 5.91 Å². The second-order valence-corrected chi connectivity index (χ2v) is 12.9. The number of morpholine rings is 1. The topological polar surface area (TPSA) is 136 Å². The number of rotatable bonds is 10. The van der Waals surface area contributed by atoms with Crippen molar-refractivity contribution in [2.45, 2.75) is 16.6 Å². The van der Waals surface area contributed by atoms with Gasteiger partial charge in [-0.15, -0.1) is 0 Å². The number of likely N-dealkylation sites (N-methyl/N-ethyl adjacent to an activating group) is 1. The number of nitrogens with one attached hydrogen (secondary N) is 1. The smallest absolute Gasteiger partial charge is 0.278 e. The molecule has 4 heterocycles. The van der Waals surface area contributed by atoms with E-state index >= 15 is 0 Å². The van der Waals surface area contributed by atoms with Crippen LogP contribution >= 0.6 is 11.3 Å². The van der Waals surface area contributed by atoms with Gasteiger partial charge in [0.1, 0.15) is 17.0 Å². The lowest BCUT2D eigenvalue weighted by atomic mass is 10.1. The summed E-state index contributed by atoms with van der Waals surface area (Å²) in [6.07, 6.45) is 0.469. The summed E-state index contributed by atoms with van der Waals surface area (Å²) in [5.41, 5.74) is 1.27. The van der Waals surface area contributed by atoms with E-state index in [1.807, 2.05) is 19.0 Å². The van der Waals surface area contributed by atoms with Gasteiger partial charge in [-0.1, -0.05) is 23.5 Å². The molecule has 2 fully saturated rings. The fraction of sp³-hybridized carbons (Fsp3) is 0.462. The van der Waals surface area contributed by atoms with E-state index in [2.05, 4.69) is 20.4 Å². The number of ether oxygens (including phenoxy) is 3. The van der Waals surface area contributed by atoms with Gasteiger partial charge in [-0.05, 0) is 38.7 Å². The number of aromatic nitrogens is 2. The minimum absolute atomic E-state index is 0.148. The predicted octanol–water partition coefficient (Wildman–Crippen LogP) is 1.87. The Morgan fingerprint density at radius 3 is 2.60 bits per heavy atom. The molecule has 12 nitrogen and oxygen atoms in total. The molecular formula is C26H32N6O6S2. The highest BCUT2D eigenvalue weighted by Gasteiger charge is 2.31. The first-order valence-electron chi connectivity index (χ1n) is 13.0. The number of thiazole rings is 1. The molecule has 0 aliphatic carbocycles. The number of anilines is 1. The van der Waals surface area contributed by atoms with Crippen LogP contribution in [-0.4, -0.2) is 112 Å². The van der Waals surface area contributed by atoms with E-state index < -0.39 is 21.0 Å². The summed E-state index contributed by atoms with van der Waals surface area (Å²) in [5, 5.41) is 9.04. The molecule has 0 bridgehead atoms. The molecule has 5 rings (SSSR count). The van der Waals surface area contributed by atoms with Crippen molar-refractivity contribution in [1.82, 2.24) is 19.9 Å². The van der Waals surface area contributed by atoms with E-state index in [-0.39, 0.29) is 17.2 Å². The monoisotopic (exact) mass is 588 g/mol. The molecule has 40 heavy (non-hydrogen) atoms. The van der Waals surface area contributed by atoms with E-state index in [4.69, 9.17) is 14.2 Å². The molecule has 0 unspecified atom stereocenters. The molecule has 0 radical (unpaired) electrons. The van der Waals surface area contributed by atoms with E-state index in [0.717, 1.165) is 6.54 Å². The number of hydrogen-bond donors (Lipinski definition) is 1. The van der Waals surface area contributed by atoms with Gasteiger partial charge in [0.2, 0.25) is 5.88 Å². The van der Waals surface area contributed by atoms with Gasteiger partial charge in [0.15, 0.2) is 20.7 Å².